The van der Waals surface area contributed by atoms with Crippen LogP contribution in [-0.2, 0) is 0 Å². The van der Waals surface area contributed by atoms with E-state index >= 15 is 0 Å². The van der Waals surface area contributed by atoms with Crippen LogP contribution in [-0.4, -0.2) is 10.2 Å². The van der Waals surface area contributed by atoms with Crippen LogP contribution in [0, 0.1) is 20.8 Å². The van der Waals surface area contributed by atoms with Crippen molar-refractivity contribution in [1.29, 1.82) is 0 Å². The summed E-state index contributed by atoms with van der Waals surface area (Å²) in [5, 5.41) is 19.6. The van der Waals surface area contributed by atoms with Crippen molar-refractivity contribution in [3.8, 4) is 22.6 Å². The van der Waals surface area contributed by atoms with E-state index in [2.05, 4.69) is 0 Å². The van der Waals surface area contributed by atoms with Gasteiger partial charge in [-0.2, -0.15) is 0 Å². The van der Waals surface area contributed by atoms with E-state index in [1.165, 1.54) is 0 Å². The van der Waals surface area contributed by atoms with Gasteiger partial charge in [0.1, 0.15) is 11.5 Å². The molecular formula is C15H16O2. The smallest absolute Gasteiger partial charge is 0.126 e. The van der Waals surface area contributed by atoms with E-state index in [0.717, 1.165) is 27.8 Å². The molecule has 0 spiro atoms. The van der Waals surface area contributed by atoms with Crippen LogP contribution in [0.15, 0.2) is 30.3 Å². The largest absolute Gasteiger partial charge is 0.508 e. The third-order valence-electron chi connectivity index (χ3n) is 3.21. The number of aromatic hydroxyl groups is 2. The molecule has 0 saturated heterocycles. The molecule has 0 fully saturated rings. The van der Waals surface area contributed by atoms with Gasteiger partial charge in [-0.3, -0.25) is 0 Å². The van der Waals surface area contributed by atoms with Crippen molar-refractivity contribution in [3.05, 3.63) is 47.0 Å². The molecule has 0 bridgehead atoms. The fourth-order valence-electron chi connectivity index (χ4n) is 1.86. The van der Waals surface area contributed by atoms with Crippen molar-refractivity contribution < 1.29 is 10.2 Å². The summed E-state index contributed by atoms with van der Waals surface area (Å²) in [4.78, 5) is 0. The van der Waals surface area contributed by atoms with E-state index in [0.29, 0.717) is 5.75 Å². The van der Waals surface area contributed by atoms with E-state index in [-0.39, 0.29) is 5.75 Å². The number of benzene rings is 2. The van der Waals surface area contributed by atoms with Crippen LogP contribution >= 0.6 is 0 Å². The zero-order valence-electron chi connectivity index (χ0n) is 10.3. The summed E-state index contributed by atoms with van der Waals surface area (Å²) < 4.78 is 0. The number of rotatable bonds is 1. The monoisotopic (exact) mass is 228 g/mol. The molecule has 0 atom stereocenters. The van der Waals surface area contributed by atoms with Crippen molar-refractivity contribution in [2.24, 2.45) is 0 Å². The Morgan fingerprint density at radius 2 is 1.53 bits per heavy atom. The maximum atomic E-state index is 10.1. The number of hydrogen-bond donors (Lipinski definition) is 2. The minimum atomic E-state index is 0.275. The lowest BCUT2D eigenvalue weighted by Gasteiger charge is -2.10. The summed E-state index contributed by atoms with van der Waals surface area (Å²) in [6.45, 7) is 5.72. The minimum absolute atomic E-state index is 0.275. The van der Waals surface area contributed by atoms with Gasteiger partial charge in [-0.25, -0.2) is 0 Å². The van der Waals surface area contributed by atoms with Gasteiger partial charge in [0, 0.05) is 5.56 Å². The third kappa shape index (κ3) is 1.98. The van der Waals surface area contributed by atoms with Crippen LogP contribution in [0.2, 0.25) is 0 Å². The van der Waals surface area contributed by atoms with Crippen LogP contribution in [0.4, 0.5) is 0 Å². The minimum Gasteiger partial charge on any atom is -0.508 e. The van der Waals surface area contributed by atoms with Gasteiger partial charge in [-0.05, 0) is 55.2 Å². The summed E-state index contributed by atoms with van der Waals surface area (Å²) in [5.74, 6) is 0.590. The van der Waals surface area contributed by atoms with Gasteiger partial charge in [0.25, 0.3) is 0 Å². The number of phenolic OH excluding ortho intramolecular Hbond substituents is 2. The summed E-state index contributed by atoms with van der Waals surface area (Å²) in [5.41, 5.74) is 4.49. The fourth-order valence-corrected chi connectivity index (χ4v) is 1.86. The zero-order chi connectivity index (χ0) is 12.6. The lowest BCUT2D eigenvalue weighted by atomic mass is 9.97. The second-order valence-corrected chi connectivity index (χ2v) is 4.40. The quantitative estimate of drug-likeness (QED) is 0.781. The molecule has 0 aliphatic carbocycles. The Kier molecular flexibility index (Phi) is 2.80. The predicted molar refractivity (Wildman–Crippen MR) is 69.4 cm³/mol. The molecule has 2 N–H and O–H groups in total. The molecule has 0 radical (unpaired) electrons. The molecule has 0 aromatic heterocycles. The van der Waals surface area contributed by atoms with Crippen molar-refractivity contribution >= 4 is 0 Å². The molecule has 88 valence electrons. The van der Waals surface area contributed by atoms with Gasteiger partial charge < -0.3 is 10.2 Å². The molecule has 17 heavy (non-hydrogen) atoms. The van der Waals surface area contributed by atoms with Crippen LogP contribution < -0.4 is 0 Å². The van der Waals surface area contributed by atoms with Gasteiger partial charge >= 0.3 is 0 Å². The Bertz CT molecular complexity index is 571. The van der Waals surface area contributed by atoms with Gasteiger partial charge in [-0.15, -0.1) is 0 Å². The van der Waals surface area contributed by atoms with Crippen molar-refractivity contribution in [3.63, 3.8) is 0 Å². The third-order valence-corrected chi connectivity index (χ3v) is 3.21. The molecule has 2 aromatic rings. The van der Waals surface area contributed by atoms with Crippen molar-refractivity contribution in [1.82, 2.24) is 0 Å². The normalized spacial score (nSPS) is 10.5. The standard InChI is InChI=1S/C15H16O2/c1-9-4-6-13(15(17)11(9)3)12-5-7-14(16)10(2)8-12/h4-8,16-17H,1-3H3. The van der Waals surface area contributed by atoms with E-state index < -0.39 is 0 Å². The summed E-state index contributed by atoms with van der Waals surface area (Å²) in [6.07, 6.45) is 0. The molecule has 2 heteroatoms. The second-order valence-electron chi connectivity index (χ2n) is 4.40. The van der Waals surface area contributed by atoms with E-state index in [9.17, 15) is 10.2 Å². The Labute approximate surface area is 101 Å². The fraction of sp³-hybridized carbons (Fsp3) is 0.200. The average molecular weight is 228 g/mol. The first-order valence-corrected chi connectivity index (χ1v) is 5.60. The number of aryl methyl sites for hydroxylation is 2. The maximum Gasteiger partial charge on any atom is 0.126 e. The van der Waals surface area contributed by atoms with Crippen molar-refractivity contribution in [2.75, 3.05) is 0 Å². The first kappa shape index (κ1) is 11.5. The molecule has 0 unspecified atom stereocenters. The molecular weight excluding hydrogens is 212 g/mol. The Morgan fingerprint density at radius 1 is 0.824 bits per heavy atom. The lowest BCUT2D eigenvalue weighted by Crippen LogP contribution is -1.87. The van der Waals surface area contributed by atoms with E-state index in [4.69, 9.17) is 0 Å². The highest BCUT2D eigenvalue weighted by Crippen LogP contribution is 2.35. The predicted octanol–water partition coefficient (Wildman–Crippen LogP) is 3.69. The topological polar surface area (TPSA) is 40.5 Å². The molecule has 0 heterocycles. The highest BCUT2D eigenvalue weighted by atomic mass is 16.3. The highest BCUT2D eigenvalue weighted by Gasteiger charge is 2.09. The molecule has 0 saturated carbocycles. The van der Waals surface area contributed by atoms with Crippen LogP contribution in [0.5, 0.6) is 11.5 Å². The molecule has 2 aromatic carbocycles. The first-order valence-electron chi connectivity index (χ1n) is 5.60. The lowest BCUT2D eigenvalue weighted by molar-refractivity contribution is 0.469. The van der Waals surface area contributed by atoms with Gasteiger partial charge in [0.15, 0.2) is 0 Å². The second kappa shape index (κ2) is 4.13. The molecule has 0 amide bonds. The molecule has 2 rings (SSSR count). The number of phenols is 2. The molecule has 0 aliphatic rings. The highest BCUT2D eigenvalue weighted by molar-refractivity contribution is 5.73. The van der Waals surface area contributed by atoms with Crippen LogP contribution in [0.1, 0.15) is 16.7 Å². The summed E-state index contributed by atoms with van der Waals surface area (Å²) in [6, 6.07) is 9.24. The average Bonchev–Trinajstić information content (AvgIpc) is 2.30. The Morgan fingerprint density at radius 3 is 2.18 bits per heavy atom. The van der Waals surface area contributed by atoms with Gasteiger partial charge in [0.05, 0.1) is 0 Å². The van der Waals surface area contributed by atoms with E-state index in [1.807, 2.05) is 45.0 Å². The zero-order valence-corrected chi connectivity index (χ0v) is 10.3. The van der Waals surface area contributed by atoms with Gasteiger partial charge in [-0.1, -0.05) is 18.2 Å². The molecule has 2 nitrogen and oxygen atoms in total. The number of hydrogen-bond acceptors (Lipinski definition) is 2. The van der Waals surface area contributed by atoms with Crippen LogP contribution in [0.3, 0.4) is 0 Å². The summed E-state index contributed by atoms with van der Waals surface area (Å²) >= 11 is 0. The Hall–Kier alpha value is -1.96. The van der Waals surface area contributed by atoms with Gasteiger partial charge in [0.2, 0.25) is 0 Å². The van der Waals surface area contributed by atoms with Crippen LogP contribution in [0.25, 0.3) is 11.1 Å². The summed E-state index contributed by atoms with van der Waals surface area (Å²) in [7, 11) is 0. The van der Waals surface area contributed by atoms with E-state index in [1.54, 1.807) is 6.07 Å². The first-order chi connectivity index (χ1) is 8.00. The molecule has 0 aliphatic heterocycles. The maximum absolute atomic E-state index is 10.1. The SMILES string of the molecule is Cc1cc(-c2ccc(C)c(C)c2O)ccc1O. The van der Waals surface area contributed by atoms with Crippen molar-refractivity contribution in [2.45, 2.75) is 20.8 Å². The Balaban J connectivity index is 2.61.